The molecule has 0 saturated carbocycles. The summed E-state index contributed by atoms with van der Waals surface area (Å²) in [5, 5.41) is 26.3. The molecule has 8 heteroatoms. The smallest absolute Gasteiger partial charge is 0.197 e. The van der Waals surface area contributed by atoms with Crippen molar-refractivity contribution >= 4 is 11.8 Å². The Hall–Kier alpha value is -2.79. The number of nitrogens with zero attached hydrogens (tertiary/aromatic N) is 7. The number of aromatic nitrogens is 6. The summed E-state index contributed by atoms with van der Waals surface area (Å²) in [5.41, 5.74) is 1.06. The van der Waals surface area contributed by atoms with E-state index in [-0.39, 0.29) is 5.69 Å². The molecule has 0 atom stereocenters. The highest BCUT2D eigenvalue weighted by Crippen LogP contribution is 2.27. The van der Waals surface area contributed by atoms with Gasteiger partial charge in [-0.3, -0.25) is 4.98 Å². The number of hydrogen-bond acceptors (Lipinski definition) is 7. The maximum atomic E-state index is 8.74. The molecule has 0 N–H and O–H groups in total. The van der Waals surface area contributed by atoms with Crippen molar-refractivity contribution in [2.75, 3.05) is 0 Å². The van der Waals surface area contributed by atoms with E-state index in [9.17, 15) is 0 Å². The normalized spacial score (nSPS) is 10.4. The van der Waals surface area contributed by atoms with E-state index in [4.69, 9.17) is 5.26 Å². The van der Waals surface area contributed by atoms with Crippen LogP contribution < -0.4 is 0 Å². The predicted molar refractivity (Wildman–Crippen MR) is 79.8 cm³/mol. The second kappa shape index (κ2) is 6.32. The van der Waals surface area contributed by atoms with Gasteiger partial charge in [0.2, 0.25) is 0 Å². The average Bonchev–Trinajstić information content (AvgIpc) is 2.99. The summed E-state index contributed by atoms with van der Waals surface area (Å²) in [6, 6.07) is 11.0. The topological polar surface area (TPSA) is 93.2 Å². The molecule has 0 aliphatic rings. The van der Waals surface area contributed by atoms with E-state index < -0.39 is 0 Å². The van der Waals surface area contributed by atoms with Crippen molar-refractivity contribution in [1.29, 1.82) is 5.26 Å². The lowest BCUT2D eigenvalue weighted by Crippen LogP contribution is -2.01. The molecule has 0 aromatic carbocycles. The van der Waals surface area contributed by atoms with Crippen LogP contribution in [0.4, 0.5) is 0 Å². The van der Waals surface area contributed by atoms with Crippen LogP contribution >= 0.6 is 11.8 Å². The van der Waals surface area contributed by atoms with Crippen LogP contribution in [-0.2, 0) is 6.54 Å². The Morgan fingerprint density at radius 3 is 2.68 bits per heavy atom. The lowest BCUT2D eigenvalue weighted by atomic mass is 10.3. The monoisotopic (exact) mass is 309 g/mol. The lowest BCUT2D eigenvalue weighted by Gasteiger charge is -2.05. The van der Waals surface area contributed by atoms with Gasteiger partial charge < -0.3 is 4.57 Å². The third-order valence-electron chi connectivity index (χ3n) is 2.88. The summed E-state index contributed by atoms with van der Waals surface area (Å²) >= 11 is 1.35. The molecular formula is C14H11N7S. The molecule has 0 aliphatic heterocycles. The zero-order valence-electron chi connectivity index (χ0n) is 11.7. The van der Waals surface area contributed by atoms with Crippen LogP contribution in [0.1, 0.15) is 12.6 Å². The average molecular weight is 309 g/mol. The van der Waals surface area contributed by atoms with Crippen molar-refractivity contribution in [3.8, 4) is 17.6 Å². The molecule has 3 aromatic rings. The molecular weight excluding hydrogens is 298 g/mol. The van der Waals surface area contributed by atoms with Crippen LogP contribution in [0.15, 0.2) is 46.7 Å². The molecule has 0 bridgehead atoms. The Balaban J connectivity index is 1.91. The highest BCUT2D eigenvalue weighted by atomic mass is 32.2. The second-order valence-corrected chi connectivity index (χ2v) is 5.22. The summed E-state index contributed by atoms with van der Waals surface area (Å²) in [6.07, 6.45) is 1.73. The largest absolute Gasteiger partial charge is 0.301 e. The Labute approximate surface area is 131 Å². The molecule has 0 spiro atoms. The molecule has 0 unspecified atom stereocenters. The van der Waals surface area contributed by atoms with Gasteiger partial charge in [-0.2, -0.15) is 5.26 Å². The van der Waals surface area contributed by atoms with E-state index in [2.05, 4.69) is 25.4 Å². The Morgan fingerprint density at radius 2 is 2.05 bits per heavy atom. The molecule has 0 aliphatic carbocycles. The summed E-state index contributed by atoms with van der Waals surface area (Å²) in [7, 11) is 0. The first kappa shape index (κ1) is 14.2. The van der Waals surface area contributed by atoms with Gasteiger partial charge >= 0.3 is 0 Å². The number of nitriles is 1. The van der Waals surface area contributed by atoms with E-state index in [1.807, 2.05) is 35.8 Å². The maximum absolute atomic E-state index is 8.74. The van der Waals surface area contributed by atoms with Gasteiger partial charge in [-0.1, -0.05) is 6.07 Å². The highest BCUT2D eigenvalue weighted by molar-refractivity contribution is 7.99. The molecule has 0 saturated heterocycles. The summed E-state index contributed by atoms with van der Waals surface area (Å²) < 4.78 is 1.97. The molecule has 3 aromatic heterocycles. The minimum Gasteiger partial charge on any atom is -0.301 e. The maximum Gasteiger partial charge on any atom is 0.197 e. The van der Waals surface area contributed by atoms with Gasteiger partial charge in [-0.25, -0.2) is 0 Å². The number of hydrogen-bond donors (Lipinski definition) is 0. The van der Waals surface area contributed by atoms with Crippen LogP contribution in [0.3, 0.4) is 0 Å². The van der Waals surface area contributed by atoms with E-state index >= 15 is 0 Å². The Bertz CT molecular complexity index is 805. The van der Waals surface area contributed by atoms with Gasteiger partial charge in [0, 0.05) is 12.7 Å². The quantitative estimate of drug-likeness (QED) is 0.729. The summed E-state index contributed by atoms with van der Waals surface area (Å²) in [4.78, 5) is 4.30. The van der Waals surface area contributed by atoms with Gasteiger partial charge in [0.25, 0.3) is 0 Å². The second-order valence-electron chi connectivity index (χ2n) is 4.24. The minimum atomic E-state index is 0.287. The molecule has 3 heterocycles. The third kappa shape index (κ3) is 2.80. The first-order valence-electron chi connectivity index (χ1n) is 6.58. The fraction of sp³-hybridized carbons (Fsp3) is 0.143. The van der Waals surface area contributed by atoms with Crippen molar-refractivity contribution in [1.82, 2.24) is 29.9 Å². The standard InChI is InChI=1S/C14H11N7S/c1-2-21-13(11-5-3-4-8-16-11)19-20-14(21)22-12-7-6-10(9-15)17-18-12/h3-8H,2H2,1H3. The van der Waals surface area contributed by atoms with E-state index in [0.717, 1.165) is 5.69 Å². The molecule has 3 rings (SSSR count). The number of rotatable bonds is 4. The fourth-order valence-electron chi connectivity index (χ4n) is 1.86. The Morgan fingerprint density at radius 1 is 1.14 bits per heavy atom. The third-order valence-corrected chi connectivity index (χ3v) is 3.79. The first-order valence-corrected chi connectivity index (χ1v) is 7.39. The molecule has 108 valence electrons. The predicted octanol–water partition coefficient (Wildman–Crippen LogP) is 2.17. The first-order chi connectivity index (χ1) is 10.8. The van der Waals surface area contributed by atoms with Crippen LogP contribution in [-0.4, -0.2) is 29.9 Å². The van der Waals surface area contributed by atoms with Gasteiger partial charge in [-0.15, -0.1) is 20.4 Å². The SMILES string of the molecule is CCn1c(Sc2ccc(C#N)nn2)nnc1-c1ccccn1. The molecule has 7 nitrogen and oxygen atoms in total. The molecule has 0 radical (unpaired) electrons. The van der Waals surface area contributed by atoms with Crippen molar-refractivity contribution in [3.63, 3.8) is 0 Å². The van der Waals surface area contributed by atoms with Crippen molar-refractivity contribution in [3.05, 3.63) is 42.2 Å². The summed E-state index contributed by atoms with van der Waals surface area (Å²) in [6.45, 7) is 2.73. The van der Waals surface area contributed by atoms with Crippen LogP contribution in [0.5, 0.6) is 0 Å². The van der Waals surface area contributed by atoms with Crippen LogP contribution in [0, 0.1) is 11.3 Å². The van der Waals surface area contributed by atoms with Crippen molar-refractivity contribution in [2.45, 2.75) is 23.7 Å². The molecule has 0 fully saturated rings. The number of pyridine rings is 1. The molecule has 22 heavy (non-hydrogen) atoms. The van der Waals surface area contributed by atoms with E-state index in [0.29, 0.717) is 22.6 Å². The Kier molecular flexibility index (Phi) is 4.07. The summed E-state index contributed by atoms with van der Waals surface area (Å²) in [5.74, 6) is 0.715. The van der Waals surface area contributed by atoms with Gasteiger partial charge in [0.1, 0.15) is 16.8 Å². The zero-order chi connectivity index (χ0) is 15.4. The lowest BCUT2D eigenvalue weighted by molar-refractivity contribution is 0.685. The minimum absolute atomic E-state index is 0.287. The van der Waals surface area contributed by atoms with Gasteiger partial charge in [-0.05, 0) is 43.0 Å². The van der Waals surface area contributed by atoms with Gasteiger partial charge in [0.15, 0.2) is 16.7 Å². The van der Waals surface area contributed by atoms with E-state index in [1.165, 1.54) is 11.8 Å². The van der Waals surface area contributed by atoms with E-state index in [1.54, 1.807) is 18.3 Å². The van der Waals surface area contributed by atoms with Crippen LogP contribution in [0.2, 0.25) is 0 Å². The zero-order valence-corrected chi connectivity index (χ0v) is 12.5. The highest BCUT2D eigenvalue weighted by Gasteiger charge is 2.15. The van der Waals surface area contributed by atoms with Crippen molar-refractivity contribution in [2.24, 2.45) is 0 Å². The molecule has 0 amide bonds. The van der Waals surface area contributed by atoms with Crippen LogP contribution in [0.25, 0.3) is 11.5 Å². The fourth-order valence-corrected chi connectivity index (χ4v) is 2.67. The van der Waals surface area contributed by atoms with Gasteiger partial charge in [0.05, 0.1) is 0 Å². The van der Waals surface area contributed by atoms with Crippen molar-refractivity contribution < 1.29 is 0 Å².